The van der Waals surface area contributed by atoms with E-state index in [4.69, 9.17) is 9.84 Å². The topological polar surface area (TPSA) is 89.4 Å². The summed E-state index contributed by atoms with van der Waals surface area (Å²) in [7, 11) is 1.62. The molecule has 36 heavy (non-hydrogen) atoms. The van der Waals surface area contributed by atoms with E-state index in [0.717, 1.165) is 39.9 Å². The monoisotopic (exact) mass is 481 g/mol. The summed E-state index contributed by atoms with van der Waals surface area (Å²) in [6.45, 7) is 5.27. The first kappa shape index (κ1) is 23.3. The molecule has 8 heteroatoms. The Labute approximate surface area is 209 Å². The van der Waals surface area contributed by atoms with E-state index in [2.05, 4.69) is 16.9 Å². The molecule has 8 nitrogen and oxygen atoms in total. The van der Waals surface area contributed by atoms with Crippen molar-refractivity contribution in [3.63, 3.8) is 0 Å². The first-order valence-electron chi connectivity index (χ1n) is 11.8. The number of rotatable bonds is 7. The van der Waals surface area contributed by atoms with E-state index in [0.29, 0.717) is 25.2 Å². The second-order valence-electron chi connectivity index (χ2n) is 8.73. The number of ether oxygens (including phenoxy) is 1. The maximum absolute atomic E-state index is 12.7. The standard InChI is InChI=1S/C28H27N5O3/c1-3-26(34)32-14-12-22(18-32)33-25-11-13-29-17-24(25)27(31-33)20-7-9-21(10-8-20)28(35)30-16-19-5-4-6-23(15-19)36-2/h3-11,13,15,17,22H,1,12,14,16,18H2,2H3,(H,30,35). The number of likely N-dealkylation sites (tertiary alicyclic amines) is 1. The van der Waals surface area contributed by atoms with Crippen LogP contribution < -0.4 is 10.1 Å². The second kappa shape index (κ2) is 10.0. The van der Waals surface area contributed by atoms with Crippen molar-refractivity contribution in [2.75, 3.05) is 20.2 Å². The van der Waals surface area contributed by atoms with Crippen LogP contribution in [0.25, 0.3) is 22.2 Å². The largest absolute Gasteiger partial charge is 0.497 e. The van der Waals surface area contributed by atoms with Crippen molar-refractivity contribution in [1.82, 2.24) is 25.0 Å². The van der Waals surface area contributed by atoms with Gasteiger partial charge in [0.2, 0.25) is 5.91 Å². The van der Waals surface area contributed by atoms with Crippen LogP contribution in [0.2, 0.25) is 0 Å². The van der Waals surface area contributed by atoms with Gasteiger partial charge in [-0.15, -0.1) is 0 Å². The Morgan fingerprint density at radius 1 is 1.19 bits per heavy atom. The number of hydrogen-bond acceptors (Lipinski definition) is 5. The minimum Gasteiger partial charge on any atom is -0.497 e. The van der Waals surface area contributed by atoms with Gasteiger partial charge in [0.25, 0.3) is 5.91 Å². The first-order valence-corrected chi connectivity index (χ1v) is 11.8. The van der Waals surface area contributed by atoms with Gasteiger partial charge in [-0.1, -0.05) is 30.8 Å². The van der Waals surface area contributed by atoms with Crippen molar-refractivity contribution in [2.45, 2.75) is 19.0 Å². The van der Waals surface area contributed by atoms with Crippen molar-refractivity contribution in [3.8, 4) is 17.0 Å². The maximum Gasteiger partial charge on any atom is 0.251 e. The Bertz CT molecular complexity index is 1430. The fraction of sp³-hybridized carbons (Fsp3) is 0.214. The number of hydrogen-bond donors (Lipinski definition) is 1. The summed E-state index contributed by atoms with van der Waals surface area (Å²) in [6.07, 6.45) is 5.74. The van der Waals surface area contributed by atoms with Crippen LogP contribution in [0.5, 0.6) is 5.75 Å². The highest BCUT2D eigenvalue weighted by Crippen LogP contribution is 2.32. The molecule has 182 valence electrons. The number of benzene rings is 2. The predicted molar refractivity (Wildman–Crippen MR) is 138 cm³/mol. The van der Waals surface area contributed by atoms with E-state index >= 15 is 0 Å². The van der Waals surface area contributed by atoms with Crippen LogP contribution in [-0.2, 0) is 11.3 Å². The molecular formula is C28H27N5O3. The van der Waals surface area contributed by atoms with Crippen LogP contribution in [0.15, 0.2) is 79.6 Å². The fourth-order valence-electron chi connectivity index (χ4n) is 4.59. The number of nitrogens with zero attached hydrogens (tertiary/aromatic N) is 4. The number of pyridine rings is 1. The van der Waals surface area contributed by atoms with Gasteiger partial charge in [-0.2, -0.15) is 5.10 Å². The van der Waals surface area contributed by atoms with Gasteiger partial charge in [-0.05, 0) is 48.4 Å². The van der Waals surface area contributed by atoms with Crippen LogP contribution in [0.3, 0.4) is 0 Å². The second-order valence-corrected chi connectivity index (χ2v) is 8.73. The molecule has 1 N–H and O–H groups in total. The molecule has 5 rings (SSSR count). The average Bonchev–Trinajstić information content (AvgIpc) is 3.57. The molecule has 0 radical (unpaired) electrons. The van der Waals surface area contributed by atoms with Gasteiger partial charge in [0.15, 0.2) is 0 Å². The molecule has 2 aromatic heterocycles. The van der Waals surface area contributed by atoms with E-state index < -0.39 is 0 Å². The molecule has 1 fully saturated rings. The van der Waals surface area contributed by atoms with Gasteiger partial charge < -0.3 is 15.0 Å². The van der Waals surface area contributed by atoms with Crippen LogP contribution in [0.4, 0.5) is 0 Å². The van der Waals surface area contributed by atoms with Crippen molar-refractivity contribution in [2.24, 2.45) is 0 Å². The Morgan fingerprint density at radius 3 is 2.81 bits per heavy atom. The number of carbonyl (C=O) groups is 2. The average molecular weight is 482 g/mol. The quantitative estimate of drug-likeness (QED) is 0.403. The number of carbonyl (C=O) groups excluding carboxylic acids is 2. The van der Waals surface area contributed by atoms with Gasteiger partial charge in [-0.3, -0.25) is 19.3 Å². The number of methoxy groups -OCH3 is 1. The van der Waals surface area contributed by atoms with Crippen LogP contribution in [0.1, 0.15) is 28.4 Å². The van der Waals surface area contributed by atoms with Crippen molar-refractivity contribution in [3.05, 3.63) is 90.8 Å². The normalized spacial score (nSPS) is 15.1. The summed E-state index contributed by atoms with van der Waals surface area (Å²) >= 11 is 0. The summed E-state index contributed by atoms with van der Waals surface area (Å²) in [5.74, 6) is 0.542. The van der Waals surface area contributed by atoms with Crippen molar-refractivity contribution < 1.29 is 14.3 Å². The molecule has 2 amide bonds. The lowest BCUT2D eigenvalue weighted by Crippen LogP contribution is -2.27. The third-order valence-electron chi connectivity index (χ3n) is 6.51. The lowest BCUT2D eigenvalue weighted by Gasteiger charge is -2.15. The molecule has 1 saturated heterocycles. The van der Waals surface area contributed by atoms with E-state index in [-0.39, 0.29) is 17.9 Å². The van der Waals surface area contributed by atoms with Crippen molar-refractivity contribution >= 4 is 22.7 Å². The van der Waals surface area contributed by atoms with Crippen LogP contribution >= 0.6 is 0 Å². The first-order chi connectivity index (χ1) is 17.6. The highest BCUT2D eigenvalue weighted by atomic mass is 16.5. The molecule has 3 heterocycles. The lowest BCUT2D eigenvalue weighted by molar-refractivity contribution is -0.125. The lowest BCUT2D eigenvalue weighted by atomic mass is 10.1. The van der Waals surface area contributed by atoms with Gasteiger partial charge in [-0.25, -0.2) is 0 Å². The Kier molecular flexibility index (Phi) is 6.49. The Hall–Kier alpha value is -4.46. The molecule has 2 aromatic carbocycles. The number of amides is 2. The SMILES string of the molecule is C=CC(=O)N1CCC(n2nc(-c3ccc(C(=O)NCc4cccc(OC)c4)cc3)c3cnccc32)C1. The fourth-order valence-corrected chi connectivity index (χ4v) is 4.59. The molecule has 0 bridgehead atoms. The summed E-state index contributed by atoms with van der Waals surface area (Å²) in [6, 6.07) is 17.0. The van der Waals surface area contributed by atoms with Crippen molar-refractivity contribution in [1.29, 1.82) is 0 Å². The number of nitrogens with one attached hydrogen (secondary N) is 1. The molecule has 0 spiro atoms. The molecule has 4 aromatic rings. The zero-order valence-electron chi connectivity index (χ0n) is 20.1. The third-order valence-corrected chi connectivity index (χ3v) is 6.51. The van der Waals surface area contributed by atoms with E-state index in [9.17, 15) is 9.59 Å². The maximum atomic E-state index is 12.7. The molecular weight excluding hydrogens is 454 g/mol. The van der Waals surface area contributed by atoms with E-state index in [1.165, 1.54) is 6.08 Å². The van der Waals surface area contributed by atoms with Gasteiger partial charge >= 0.3 is 0 Å². The van der Waals surface area contributed by atoms with E-state index in [1.54, 1.807) is 30.3 Å². The summed E-state index contributed by atoms with van der Waals surface area (Å²) in [5.41, 5.74) is 4.20. The molecule has 1 unspecified atom stereocenters. The van der Waals surface area contributed by atoms with Gasteiger partial charge in [0, 0.05) is 48.5 Å². The third kappa shape index (κ3) is 4.57. The summed E-state index contributed by atoms with van der Waals surface area (Å²) in [5, 5.41) is 8.81. The zero-order valence-corrected chi connectivity index (χ0v) is 20.1. The zero-order chi connectivity index (χ0) is 25.1. The van der Waals surface area contributed by atoms with E-state index in [1.807, 2.05) is 53.3 Å². The summed E-state index contributed by atoms with van der Waals surface area (Å²) in [4.78, 5) is 30.9. The molecule has 1 aliphatic heterocycles. The minimum absolute atomic E-state index is 0.0591. The highest BCUT2D eigenvalue weighted by Gasteiger charge is 2.28. The molecule has 1 atom stereocenters. The predicted octanol–water partition coefficient (Wildman–Crippen LogP) is 4.00. The Morgan fingerprint density at radius 2 is 2.03 bits per heavy atom. The molecule has 0 saturated carbocycles. The molecule has 0 aliphatic carbocycles. The number of aromatic nitrogens is 3. The Balaban J connectivity index is 1.35. The smallest absolute Gasteiger partial charge is 0.251 e. The van der Waals surface area contributed by atoms with Gasteiger partial charge in [0.05, 0.1) is 18.7 Å². The summed E-state index contributed by atoms with van der Waals surface area (Å²) < 4.78 is 7.24. The van der Waals surface area contributed by atoms with Crippen LogP contribution in [-0.4, -0.2) is 51.7 Å². The minimum atomic E-state index is -0.153. The van der Waals surface area contributed by atoms with Gasteiger partial charge in [0.1, 0.15) is 11.4 Å². The highest BCUT2D eigenvalue weighted by molar-refractivity contribution is 5.96. The molecule has 1 aliphatic rings. The number of fused-ring (bicyclic) bond motifs is 1. The van der Waals surface area contributed by atoms with Crippen LogP contribution in [0, 0.1) is 0 Å².